The van der Waals surface area contributed by atoms with Crippen LogP contribution in [-0.2, 0) is 4.79 Å². The van der Waals surface area contributed by atoms with E-state index < -0.39 is 0 Å². The molecule has 0 atom stereocenters. The van der Waals surface area contributed by atoms with Crippen LogP contribution < -0.4 is 10.9 Å². The number of nitrogens with one attached hydrogen (secondary N) is 2. The number of benzene rings is 1. The quantitative estimate of drug-likeness (QED) is 0.384. The van der Waals surface area contributed by atoms with Crippen LogP contribution in [0.1, 0.15) is 26.4 Å². The van der Waals surface area contributed by atoms with Crippen molar-refractivity contribution >= 4 is 50.8 Å². The molecule has 0 fully saturated rings. The van der Waals surface area contributed by atoms with Gasteiger partial charge in [-0.25, -0.2) is 4.98 Å². The van der Waals surface area contributed by atoms with Gasteiger partial charge >= 0.3 is 0 Å². The van der Waals surface area contributed by atoms with E-state index in [1.807, 2.05) is 26.0 Å². The van der Waals surface area contributed by atoms with Gasteiger partial charge in [0.15, 0.2) is 10.8 Å². The average molecular weight is 427 g/mol. The van der Waals surface area contributed by atoms with Crippen LogP contribution in [0, 0.1) is 20.8 Å². The van der Waals surface area contributed by atoms with Gasteiger partial charge < -0.3 is 0 Å². The Balaban J connectivity index is 1.40. The molecule has 10 heteroatoms. The molecule has 0 saturated heterocycles. The van der Waals surface area contributed by atoms with E-state index in [0.29, 0.717) is 10.7 Å². The molecule has 0 spiro atoms. The molecule has 0 unspecified atom stereocenters. The van der Waals surface area contributed by atoms with Gasteiger partial charge in [-0.2, -0.15) is 0 Å². The van der Waals surface area contributed by atoms with Crippen LogP contribution in [0.3, 0.4) is 0 Å². The number of amides is 2. The number of thioether (sulfide) groups is 1. The Morgan fingerprint density at radius 3 is 2.62 bits per heavy atom. The zero-order valence-electron chi connectivity index (χ0n) is 16.0. The summed E-state index contributed by atoms with van der Waals surface area (Å²) < 4.78 is 1.78. The molecule has 3 heterocycles. The zero-order chi connectivity index (χ0) is 20.5. The highest BCUT2D eigenvalue weighted by Gasteiger charge is 2.16. The summed E-state index contributed by atoms with van der Waals surface area (Å²) in [4.78, 5) is 30.8. The summed E-state index contributed by atoms with van der Waals surface area (Å²) in [5.74, 6) is -0.635. The maximum absolute atomic E-state index is 12.1. The lowest BCUT2D eigenvalue weighted by Gasteiger charge is -2.07. The molecule has 0 aliphatic heterocycles. The van der Waals surface area contributed by atoms with E-state index in [0.717, 1.165) is 27.0 Å². The van der Waals surface area contributed by atoms with E-state index in [2.05, 4.69) is 33.0 Å². The number of carbonyl (C=O) groups excluding carboxylic acids is 2. The van der Waals surface area contributed by atoms with E-state index in [9.17, 15) is 9.59 Å². The van der Waals surface area contributed by atoms with Crippen LogP contribution in [-0.4, -0.2) is 37.1 Å². The van der Waals surface area contributed by atoms with E-state index in [1.54, 1.807) is 34.2 Å². The van der Waals surface area contributed by atoms with E-state index in [4.69, 9.17) is 0 Å². The molecular formula is C19H18N6O2S2. The highest BCUT2D eigenvalue weighted by molar-refractivity contribution is 7.99. The normalized spacial score (nSPS) is 11.1. The first-order valence-corrected chi connectivity index (χ1v) is 10.6. The van der Waals surface area contributed by atoms with Gasteiger partial charge in [0.1, 0.15) is 11.2 Å². The van der Waals surface area contributed by atoms with Gasteiger partial charge in [0.2, 0.25) is 5.91 Å². The first kappa shape index (κ1) is 19.3. The molecular weight excluding hydrogens is 408 g/mol. The lowest BCUT2D eigenvalue weighted by molar-refractivity contribution is -0.119. The smallest absolute Gasteiger partial charge is 0.269 e. The van der Waals surface area contributed by atoms with Crippen molar-refractivity contribution in [3.8, 4) is 0 Å². The van der Waals surface area contributed by atoms with Crippen molar-refractivity contribution in [3.63, 3.8) is 0 Å². The Labute approximate surface area is 174 Å². The Kier molecular flexibility index (Phi) is 5.20. The largest absolute Gasteiger partial charge is 0.272 e. The standard InChI is InChI=1S/C19H18N6O2S2/c1-10-4-6-13(7-5-10)17(27)23-21-14(26)8-28-19-24-22-16-15-11(2)12(3)29-18(15)20-9-25(16)19/h4-7,9H,8H2,1-3H3,(H,21,26)(H,23,27). The fourth-order valence-corrected chi connectivity index (χ4v) is 4.49. The third-order valence-corrected chi connectivity index (χ3v) is 6.57. The second kappa shape index (κ2) is 7.80. The van der Waals surface area contributed by atoms with Crippen LogP contribution in [0.15, 0.2) is 35.7 Å². The van der Waals surface area contributed by atoms with Crippen molar-refractivity contribution in [1.82, 2.24) is 30.4 Å². The first-order chi connectivity index (χ1) is 13.9. The maximum Gasteiger partial charge on any atom is 0.269 e. The number of aromatic nitrogens is 4. The lowest BCUT2D eigenvalue weighted by Crippen LogP contribution is -2.42. The van der Waals surface area contributed by atoms with Gasteiger partial charge in [0.05, 0.1) is 11.1 Å². The fourth-order valence-electron chi connectivity index (χ4n) is 2.79. The van der Waals surface area contributed by atoms with E-state index >= 15 is 0 Å². The predicted molar refractivity (Wildman–Crippen MR) is 113 cm³/mol. The lowest BCUT2D eigenvalue weighted by atomic mass is 10.1. The molecule has 29 heavy (non-hydrogen) atoms. The number of nitrogens with zero attached hydrogens (tertiary/aromatic N) is 4. The molecule has 0 radical (unpaired) electrons. The monoisotopic (exact) mass is 426 g/mol. The number of thiophene rings is 1. The topological polar surface area (TPSA) is 101 Å². The highest BCUT2D eigenvalue weighted by atomic mass is 32.2. The number of rotatable bonds is 4. The van der Waals surface area contributed by atoms with Crippen LogP contribution in [0.25, 0.3) is 15.9 Å². The summed E-state index contributed by atoms with van der Waals surface area (Å²) in [6, 6.07) is 7.08. The minimum absolute atomic E-state index is 0.0780. The molecule has 0 aliphatic rings. The molecule has 4 aromatic rings. The Morgan fingerprint density at radius 2 is 1.86 bits per heavy atom. The summed E-state index contributed by atoms with van der Waals surface area (Å²) in [6.45, 7) is 6.04. The average Bonchev–Trinajstić information content (AvgIpc) is 3.25. The molecule has 3 aromatic heterocycles. The Morgan fingerprint density at radius 1 is 1.10 bits per heavy atom. The third-order valence-electron chi connectivity index (χ3n) is 4.51. The van der Waals surface area contributed by atoms with Crippen molar-refractivity contribution in [2.24, 2.45) is 0 Å². The van der Waals surface area contributed by atoms with Crippen LogP contribution >= 0.6 is 23.1 Å². The summed E-state index contributed by atoms with van der Waals surface area (Å²) in [5, 5.41) is 10.0. The summed E-state index contributed by atoms with van der Waals surface area (Å²) in [5.41, 5.74) is 8.24. The molecule has 0 saturated carbocycles. The fraction of sp³-hybridized carbons (Fsp3) is 0.211. The molecule has 2 amide bonds. The van der Waals surface area contributed by atoms with Crippen molar-refractivity contribution in [2.75, 3.05) is 5.75 Å². The Hall–Kier alpha value is -2.98. The number of carbonyl (C=O) groups is 2. The van der Waals surface area contributed by atoms with Gasteiger partial charge in [-0.05, 0) is 38.5 Å². The number of hydrazine groups is 1. The van der Waals surface area contributed by atoms with Crippen molar-refractivity contribution in [1.29, 1.82) is 0 Å². The summed E-state index contributed by atoms with van der Waals surface area (Å²) in [6.07, 6.45) is 1.67. The maximum atomic E-state index is 12.1. The minimum Gasteiger partial charge on any atom is -0.272 e. The first-order valence-electron chi connectivity index (χ1n) is 8.82. The van der Waals surface area contributed by atoms with Gasteiger partial charge in [0, 0.05) is 10.4 Å². The second-order valence-corrected chi connectivity index (χ2v) is 8.69. The van der Waals surface area contributed by atoms with E-state index in [-0.39, 0.29) is 17.6 Å². The molecule has 2 N–H and O–H groups in total. The van der Waals surface area contributed by atoms with Gasteiger partial charge in [0.25, 0.3) is 5.91 Å². The molecule has 8 nitrogen and oxygen atoms in total. The summed E-state index contributed by atoms with van der Waals surface area (Å²) >= 11 is 2.85. The molecule has 4 rings (SSSR count). The third kappa shape index (κ3) is 3.81. The minimum atomic E-state index is -0.369. The van der Waals surface area contributed by atoms with E-state index in [1.165, 1.54) is 16.6 Å². The van der Waals surface area contributed by atoms with Crippen molar-refractivity contribution in [3.05, 3.63) is 52.2 Å². The molecule has 1 aromatic carbocycles. The van der Waals surface area contributed by atoms with Crippen LogP contribution in [0.4, 0.5) is 0 Å². The molecule has 148 valence electrons. The number of aryl methyl sites for hydroxylation is 3. The highest BCUT2D eigenvalue weighted by Crippen LogP contribution is 2.31. The van der Waals surface area contributed by atoms with Crippen molar-refractivity contribution in [2.45, 2.75) is 25.9 Å². The van der Waals surface area contributed by atoms with Gasteiger partial charge in [-0.3, -0.25) is 24.8 Å². The summed E-state index contributed by atoms with van der Waals surface area (Å²) in [7, 11) is 0. The van der Waals surface area contributed by atoms with Crippen LogP contribution in [0.5, 0.6) is 0 Å². The second-order valence-electron chi connectivity index (χ2n) is 6.54. The Bertz CT molecular complexity index is 1230. The molecule has 0 bridgehead atoms. The van der Waals surface area contributed by atoms with Crippen LogP contribution in [0.2, 0.25) is 0 Å². The number of hydrogen-bond acceptors (Lipinski definition) is 7. The zero-order valence-corrected chi connectivity index (χ0v) is 17.6. The van der Waals surface area contributed by atoms with Gasteiger partial charge in [-0.15, -0.1) is 21.5 Å². The number of fused-ring (bicyclic) bond motifs is 3. The predicted octanol–water partition coefficient (Wildman–Crippen LogP) is 2.82. The van der Waals surface area contributed by atoms with Crippen molar-refractivity contribution < 1.29 is 9.59 Å². The SMILES string of the molecule is Cc1ccc(C(=O)NNC(=O)CSc2nnc3c4c(C)c(C)sc4ncn23)cc1. The van der Waals surface area contributed by atoms with Gasteiger partial charge in [-0.1, -0.05) is 29.5 Å². The number of hydrogen-bond donors (Lipinski definition) is 2. The molecule has 0 aliphatic carbocycles.